The third kappa shape index (κ3) is 5.19. The second-order valence-electron chi connectivity index (χ2n) is 10.0. The van der Waals surface area contributed by atoms with Gasteiger partial charge in [-0.3, -0.25) is 4.99 Å². The van der Waals surface area contributed by atoms with Gasteiger partial charge in [0.1, 0.15) is 18.2 Å². The summed E-state index contributed by atoms with van der Waals surface area (Å²) >= 11 is 1.51. The number of nitrogen functional groups attached to an aromatic ring is 1. The molecule has 0 saturated carbocycles. The molecule has 2 aliphatic heterocycles. The Balaban J connectivity index is 1.37. The number of hydrogen-bond acceptors (Lipinski definition) is 6. The lowest BCUT2D eigenvalue weighted by Crippen LogP contribution is -2.28. The highest BCUT2D eigenvalue weighted by molar-refractivity contribution is 7.22. The molecule has 0 aliphatic carbocycles. The number of nitrogens with two attached hydrogens (primary N) is 1. The Morgan fingerprint density at radius 1 is 1.05 bits per heavy atom. The fourth-order valence-corrected chi connectivity index (χ4v) is 6.26. The van der Waals surface area contributed by atoms with Crippen molar-refractivity contribution in [2.45, 2.75) is 39.7 Å². The molecule has 0 saturated heterocycles. The summed E-state index contributed by atoms with van der Waals surface area (Å²) in [5, 5.41) is 0.584. The Kier molecular flexibility index (Phi) is 6.92. The van der Waals surface area contributed by atoms with Gasteiger partial charge in [0.2, 0.25) is 0 Å². The van der Waals surface area contributed by atoms with Crippen LogP contribution in [0.25, 0.3) is 21.3 Å². The number of ether oxygens (including phenoxy) is 1. The molecule has 0 fully saturated rings. The number of thiazole rings is 1. The quantitative estimate of drug-likeness (QED) is 0.285. The lowest BCUT2D eigenvalue weighted by Gasteiger charge is -2.30. The van der Waals surface area contributed by atoms with Crippen molar-refractivity contribution in [1.82, 2.24) is 9.88 Å². The molecular formula is C32H31FN4OS. The molecule has 7 heteroatoms. The maximum absolute atomic E-state index is 13.6. The number of aliphatic imine (C=N–C) groups is 1. The molecular weight excluding hydrogens is 507 g/mol. The van der Waals surface area contributed by atoms with Gasteiger partial charge < -0.3 is 15.4 Å². The van der Waals surface area contributed by atoms with Crippen molar-refractivity contribution in [3.8, 4) is 16.9 Å². The predicted molar refractivity (Wildman–Crippen MR) is 159 cm³/mol. The summed E-state index contributed by atoms with van der Waals surface area (Å²) in [5.41, 5.74) is 16.2. The summed E-state index contributed by atoms with van der Waals surface area (Å²) in [5.74, 6) is 0.706. The van der Waals surface area contributed by atoms with Crippen LogP contribution in [-0.4, -0.2) is 29.3 Å². The normalized spacial score (nSPS) is 15.8. The molecule has 6 rings (SSSR count). The Hall–Kier alpha value is -3.97. The fraction of sp³-hybridized carbons (Fsp3) is 0.250. The van der Waals surface area contributed by atoms with Crippen molar-refractivity contribution in [3.05, 3.63) is 100 Å². The molecule has 3 aromatic carbocycles. The molecule has 0 radical (unpaired) electrons. The van der Waals surface area contributed by atoms with Crippen LogP contribution in [-0.2, 0) is 13.0 Å². The average molecular weight is 539 g/mol. The van der Waals surface area contributed by atoms with Crippen molar-refractivity contribution >= 4 is 32.9 Å². The smallest absolute Gasteiger partial charge is 0.181 e. The fourth-order valence-electron chi connectivity index (χ4n) is 5.48. The minimum Gasteiger partial charge on any atom is -0.491 e. The van der Waals surface area contributed by atoms with Crippen LogP contribution in [0.4, 0.5) is 9.52 Å². The van der Waals surface area contributed by atoms with E-state index in [0.29, 0.717) is 18.2 Å². The summed E-state index contributed by atoms with van der Waals surface area (Å²) in [7, 11) is 0. The van der Waals surface area contributed by atoms with Gasteiger partial charge in [0.05, 0.1) is 16.8 Å². The van der Waals surface area contributed by atoms with E-state index in [1.54, 1.807) is 0 Å². The van der Waals surface area contributed by atoms with Crippen molar-refractivity contribution in [3.63, 3.8) is 0 Å². The SMILES string of the molecule is CCC1=C(N2CCOc3ccc(-c4ccc5nc(N)sc5c4)cc3C2)C(Cc2ccc(F)cc2)=C(C)N=CC1. The number of fused-ring (bicyclic) bond motifs is 2. The molecule has 2 N–H and O–H groups in total. The number of rotatable bonds is 5. The molecule has 3 heterocycles. The standard InChI is InChI=1S/C32H31FN4OS/c1-3-22-12-13-35-20(2)27(16-21-4-8-26(33)9-5-21)31(22)37-14-15-38-29-11-7-23(17-25(29)19-37)24-6-10-28-30(18-24)39-32(34)36-28/h4-11,13,17-18H,3,12,14-16,19H2,1-2H3,(H2,34,36). The van der Waals surface area contributed by atoms with Crippen LogP contribution in [0.5, 0.6) is 5.75 Å². The molecule has 0 bridgehead atoms. The van der Waals surface area contributed by atoms with E-state index in [1.807, 2.05) is 24.4 Å². The van der Waals surface area contributed by atoms with Gasteiger partial charge in [0.25, 0.3) is 0 Å². The first-order valence-electron chi connectivity index (χ1n) is 13.3. The number of hydrogen-bond donors (Lipinski definition) is 1. The largest absolute Gasteiger partial charge is 0.491 e. The van der Waals surface area contributed by atoms with Crippen LogP contribution in [0.1, 0.15) is 37.8 Å². The predicted octanol–water partition coefficient (Wildman–Crippen LogP) is 7.53. The Morgan fingerprint density at radius 2 is 1.85 bits per heavy atom. The summed E-state index contributed by atoms with van der Waals surface area (Å²) < 4.78 is 21.0. The van der Waals surface area contributed by atoms with Gasteiger partial charge in [-0.25, -0.2) is 9.37 Å². The van der Waals surface area contributed by atoms with E-state index in [9.17, 15) is 4.39 Å². The maximum atomic E-state index is 13.6. The van der Waals surface area contributed by atoms with Gasteiger partial charge >= 0.3 is 0 Å². The second kappa shape index (κ2) is 10.7. The summed E-state index contributed by atoms with van der Waals surface area (Å²) in [6.07, 6.45) is 4.47. The van der Waals surface area contributed by atoms with E-state index < -0.39 is 0 Å². The summed E-state index contributed by atoms with van der Waals surface area (Å²) in [6.45, 7) is 6.40. The first-order chi connectivity index (χ1) is 19.0. The van der Waals surface area contributed by atoms with Crippen molar-refractivity contribution in [2.24, 2.45) is 4.99 Å². The number of nitrogens with zero attached hydrogens (tertiary/aromatic N) is 3. The second-order valence-corrected chi connectivity index (χ2v) is 11.1. The Bertz CT molecular complexity index is 1630. The minimum absolute atomic E-state index is 0.219. The van der Waals surface area contributed by atoms with Crippen LogP contribution in [0.3, 0.4) is 0 Å². The van der Waals surface area contributed by atoms with Crippen LogP contribution in [0.15, 0.2) is 88.2 Å². The zero-order valence-corrected chi connectivity index (χ0v) is 23.0. The molecule has 198 valence electrons. The monoisotopic (exact) mass is 538 g/mol. The number of aromatic nitrogens is 1. The number of allylic oxidation sites excluding steroid dienone is 3. The average Bonchev–Trinajstić information content (AvgIpc) is 3.08. The molecule has 0 spiro atoms. The summed E-state index contributed by atoms with van der Waals surface area (Å²) in [4.78, 5) is 11.6. The molecule has 0 unspecified atom stereocenters. The van der Waals surface area contributed by atoms with E-state index in [1.165, 1.54) is 40.3 Å². The lowest BCUT2D eigenvalue weighted by atomic mass is 9.94. The van der Waals surface area contributed by atoms with Crippen molar-refractivity contribution < 1.29 is 9.13 Å². The Labute approximate surface area is 232 Å². The topological polar surface area (TPSA) is 63.7 Å². The highest BCUT2D eigenvalue weighted by Gasteiger charge is 2.25. The zero-order chi connectivity index (χ0) is 26.9. The van der Waals surface area contributed by atoms with Crippen LogP contribution >= 0.6 is 11.3 Å². The third-order valence-electron chi connectivity index (χ3n) is 7.50. The van der Waals surface area contributed by atoms with E-state index in [2.05, 4.69) is 54.1 Å². The highest BCUT2D eigenvalue weighted by Crippen LogP contribution is 2.37. The van der Waals surface area contributed by atoms with E-state index >= 15 is 0 Å². The van der Waals surface area contributed by atoms with E-state index in [-0.39, 0.29) is 5.82 Å². The van der Waals surface area contributed by atoms with Gasteiger partial charge in [0, 0.05) is 48.1 Å². The minimum atomic E-state index is -0.219. The zero-order valence-electron chi connectivity index (χ0n) is 22.2. The first kappa shape index (κ1) is 25.3. The van der Waals surface area contributed by atoms with Gasteiger partial charge in [-0.15, -0.1) is 0 Å². The van der Waals surface area contributed by atoms with Gasteiger partial charge in [-0.05, 0) is 72.0 Å². The maximum Gasteiger partial charge on any atom is 0.181 e. The summed E-state index contributed by atoms with van der Waals surface area (Å²) in [6, 6.07) is 19.6. The molecule has 4 aromatic rings. The van der Waals surface area contributed by atoms with Crippen molar-refractivity contribution in [1.29, 1.82) is 0 Å². The number of halogens is 1. The lowest BCUT2D eigenvalue weighted by molar-refractivity contribution is 0.264. The van der Waals surface area contributed by atoms with Crippen LogP contribution < -0.4 is 10.5 Å². The number of benzene rings is 3. The molecule has 39 heavy (non-hydrogen) atoms. The highest BCUT2D eigenvalue weighted by atomic mass is 32.1. The van der Waals surface area contributed by atoms with E-state index in [0.717, 1.165) is 69.8 Å². The first-order valence-corrected chi connectivity index (χ1v) is 14.2. The third-order valence-corrected chi connectivity index (χ3v) is 8.34. The van der Waals surface area contributed by atoms with Crippen molar-refractivity contribution in [2.75, 3.05) is 18.9 Å². The molecule has 1 aromatic heterocycles. The van der Waals surface area contributed by atoms with Crippen LogP contribution in [0, 0.1) is 5.82 Å². The Morgan fingerprint density at radius 3 is 2.67 bits per heavy atom. The van der Waals surface area contributed by atoms with Gasteiger partial charge in [-0.1, -0.05) is 42.5 Å². The molecule has 0 amide bonds. The van der Waals surface area contributed by atoms with Gasteiger partial charge in [0.15, 0.2) is 5.13 Å². The molecule has 0 atom stereocenters. The van der Waals surface area contributed by atoms with Gasteiger partial charge in [-0.2, -0.15) is 0 Å². The molecule has 5 nitrogen and oxygen atoms in total. The number of anilines is 1. The van der Waals surface area contributed by atoms with E-state index in [4.69, 9.17) is 15.5 Å². The molecule has 2 aliphatic rings. The van der Waals surface area contributed by atoms with Crippen LogP contribution in [0.2, 0.25) is 0 Å².